The smallest absolute Gasteiger partial charge is 0.237 e. The predicted molar refractivity (Wildman–Crippen MR) is 103 cm³/mol. The van der Waals surface area contributed by atoms with E-state index in [4.69, 9.17) is 21.2 Å². The average molecular weight is 397 g/mol. The van der Waals surface area contributed by atoms with Crippen molar-refractivity contribution in [1.82, 2.24) is 20.6 Å². The summed E-state index contributed by atoms with van der Waals surface area (Å²) in [5.41, 5.74) is 5.62. The van der Waals surface area contributed by atoms with Crippen molar-refractivity contribution in [3.05, 3.63) is 32.6 Å². The fourth-order valence-electron chi connectivity index (χ4n) is 4.47. The van der Waals surface area contributed by atoms with Crippen LogP contribution in [-0.2, 0) is 23.7 Å². The molecule has 0 radical (unpaired) electrons. The maximum absolute atomic E-state index is 6.41. The minimum atomic E-state index is -0.0241. The molecule has 8 heteroatoms. The molecule has 3 unspecified atom stereocenters. The van der Waals surface area contributed by atoms with E-state index >= 15 is 0 Å². The second kappa shape index (κ2) is 7.13. The van der Waals surface area contributed by atoms with E-state index in [1.54, 1.807) is 18.4 Å². The molecule has 0 bridgehead atoms. The molecule has 0 amide bonds. The maximum Gasteiger partial charge on any atom is 0.237 e. The van der Waals surface area contributed by atoms with E-state index in [-0.39, 0.29) is 11.5 Å². The number of hydroxylamine groups is 1. The molecule has 0 aliphatic carbocycles. The fourth-order valence-corrected chi connectivity index (χ4v) is 5.97. The van der Waals surface area contributed by atoms with E-state index < -0.39 is 0 Å². The van der Waals surface area contributed by atoms with Crippen LogP contribution in [0.1, 0.15) is 41.8 Å². The van der Waals surface area contributed by atoms with Crippen molar-refractivity contribution in [3.8, 4) is 5.88 Å². The van der Waals surface area contributed by atoms with E-state index in [0.29, 0.717) is 18.5 Å². The van der Waals surface area contributed by atoms with Gasteiger partial charge in [-0.15, -0.1) is 16.4 Å². The molecule has 1 spiro atoms. The number of halogens is 1. The minimum absolute atomic E-state index is 0.0241. The van der Waals surface area contributed by atoms with Gasteiger partial charge in [-0.2, -0.15) is 0 Å². The van der Waals surface area contributed by atoms with Crippen LogP contribution in [0.3, 0.4) is 0 Å². The van der Waals surface area contributed by atoms with Crippen molar-refractivity contribution in [2.24, 2.45) is 7.05 Å². The first kappa shape index (κ1) is 18.3. The van der Waals surface area contributed by atoms with E-state index in [1.807, 2.05) is 11.7 Å². The number of hydrogen-bond donors (Lipinski definition) is 2. The van der Waals surface area contributed by atoms with Gasteiger partial charge in [0.1, 0.15) is 0 Å². The van der Waals surface area contributed by atoms with Gasteiger partial charge in [0.05, 0.1) is 23.6 Å². The molecule has 2 N–H and O–H groups in total. The molecule has 1 fully saturated rings. The Bertz CT molecular complexity index is 792. The highest BCUT2D eigenvalue weighted by Crippen LogP contribution is 2.48. The largest absolute Gasteiger partial charge is 0.480 e. The summed E-state index contributed by atoms with van der Waals surface area (Å²) < 4.78 is 8.19. The van der Waals surface area contributed by atoms with Gasteiger partial charge in [-0.1, -0.05) is 11.6 Å². The lowest BCUT2D eigenvalue weighted by atomic mass is 9.70. The molecule has 3 atom stereocenters. The maximum atomic E-state index is 6.41. The van der Waals surface area contributed by atoms with E-state index in [1.165, 1.54) is 10.4 Å². The van der Waals surface area contributed by atoms with Gasteiger partial charge in [-0.3, -0.25) is 4.68 Å². The Morgan fingerprint density at radius 2 is 2.31 bits per heavy atom. The monoisotopic (exact) mass is 396 g/mol. The first-order chi connectivity index (χ1) is 12.5. The SMILES string of the molecule is COc1nn(C)cc1C1CC2(CNOCCc3cc(Cl)sc32)CC(C)N1. The molecule has 1 saturated heterocycles. The highest BCUT2D eigenvalue weighted by atomic mass is 35.5. The molecule has 4 rings (SSSR count). The van der Waals surface area contributed by atoms with Crippen LogP contribution in [0.2, 0.25) is 4.34 Å². The number of methoxy groups -OCH3 is 1. The van der Waals surface area contributed by atoms with Gasteiger partial charge in [-0.25, -0.2) is 5.48 Å². The van der Waals surface area contributed by atoms with Crippen molar-refractivity contribution in [1.29, 1.82) is 0 Å². The van der Waals surface area contributed by atoms with Crippen molar-refractivity contribution in [2.45, 2.75) is 43.7 Å². The highest BCUT2D eigenvalue weighted by Gasteiger charge is 2.44. The number of piperidine rings is 1. The lowest BCUT2D eigenvalue weighted by molar-refractivity contribution is 0.0154. The zero-order valence-corrected chi connectivity index (χ0v) is 16.9. The molecule has 2 aromatic heterocycles. The molecule has 2 aliphatic rings. The summed E-state index contributed by atoms with van der Waals surface area (Å²) >= 11 is 8.13. The summed E-state index contributed by atoms with van der Waals surface area (Å²) in [5, 5.41) is 8.18. The van der Waals surface area contributed by atoms with Crippen molar-refractivity contribution >= 4 is 22.9 Å². The summed E-state index contributed by atoms with van der Waals surface area (Å²) in [6.07, 6.45) is 4.92. The third-order valence-corrected chi connectivity index (χ3v) is 6.97. The van der Waals surface area contributed by atoms with Crippen molar-refractivity contribution in [3.63, 3.8) is 0 Å². The minimum Gasteiger partial charge on any atom is -0.480 e. The third kappa shape index (κ3) is 3.27. The summed E-state index contributed by atoms with van der Waals surface area (Å²) in [5.74, 6) is 0.689. The number of thiophene rings is 1. The van der Waals surface area contributed by atoms with Gasteiger partial charge in [0.15, 0.2) is 0 Å². The predicted octanol–water partition coefficient (Wildman–Crippen LogP) is 2.97. The molecule has 26 heavy (non-hydrogen) atoms. The zero-order chi connectivity index (χ0) is 18.3. The van der Waals surface area contributed by atoms with Crippen molar-refractivity contribution < 1.29 is 9.57 Å². The molecule has 0 aromatic carbocycles. The van der Waals surface area contributed by atoms with Gasteiger partial charge >= 0.3 is 0 Å². The van der Waals surface area contributed by atoms with Crippen LogP contribution in [-0.4, -0.2) is 36.1 Å². The van der Waals surface area contributed by atoms with Crippen LogP contribution in [0.25, 0.3) is 0 Å². The van der Waals surface area contributed by atoms with Gasteiger partial charge in [0.25, 0.3) is 0 Å². The topological polar surface area (TPSA) is 60.3 Å². The number of aryl methyl sites for hydroxylation is 1. The quantitative estimate of drug-likeness (QED) is 0.817. The Morgan fingerprint density at radius 3 is 3.12 bits per heavy atom. The van der Waals surface area contributed by atoms with Crippen LogP contribution in [0.4, 0.5) is 0 Å². The van der Waals surface area contributed by atoms with Crippen LogP contribution in [0.15, 0.2) is 12.3 Å². The summed E-state index contributed by atoms with van der Waals surface area (Å²) in [7, 11) is 3.60. The molecule has 6 nitrogen and oxygen atoms in total. The third-order valence-electron chi connectivity index (χ3n) is 5.41. The number of nitrogens with zero attached hydrogens (tertiary/aromatic N) is 2. The Hall–Kier alpha value is -1.12. The highest BCUT2D eigenvalue weighted by molar-refractivity contribution is 7.16. The van der Waals surface area contributed by atoms with Crippen LogP contribution < -0.4 is 15.5 Å². The summed E-state index contributed by atoms with van der Waals surface area (Å²) in [4.78, 5) is 7.05. The number of nitrogens with one attached hydrogen (secondary N) is 2. The second-order valence-electron chi connectivity index (χ2n) is 7.40. The molecule has 2 aliphatic heterocycles. The second-order valence-corrected chi connectivity index (χ2v) is 9.08. The van der Waals surface area contributed by atoms with Gasteiger partial charge in [-0.05, 0) is 37.8 Å². The first-order valence-electron chi connectivity index (χ1n) is 8.98. The number of fused-ring (bicyclic) bond motifs is 2. The Labute approximate surface area is 162 Å². The summed E-state index contributed by atoms with van der Waals surface area (Å²) in [6.45, 7) is 3.69. The Kier molecular flexibility index (Phi) is 5.00. The van der Waals surface area contributed by atoms with Gasteiger partial charge < -0.3 is 14.9 Å². The normalized spacial score (nSPS) is 29.2. The van der Waals surface area contributed by atoms with Crippen molar-refractivity contribution in [2.75, 3.05) is 20.3 Å². The first-order valence-corrected chi connectivity index (χ1v) is 10.2. The molecule has 0 saturated carbocycles. The van der Waals surface area contributed by atoms with E-state index in [2.05, 4.69) is 35.1 Å². The molecular weight excluding hydrogens is 372 g/mol. The lowest BCUT2D eigenvalue weighted by Gasteiger charge is -2.45. The molecular formula is C18H25ClN4O2S. The standard InChI is InChI=1S/C18H25ClN4O2S/c1-11-7-18(8-14(21-11)13-9-23(2)22-17(13)24-3)10-20-25-5-4-12-6-15(19)26-16(12)18/h6,9,11,14,20-21H,4-5,7-8,10H2,1-3H3. The van der Waals surface area contributed by atoms with E-state index in [0.717, 1.165) is 35.7 Å². The van der Waals surface area contributed by atoms with Crippen LogP contribution in [0.5, 0.6) is 5.88 Å². The zero-order valence-electron chi connectivity index (χ0n) is 15.3. The van der Waals surface area contributed by atoms with Crippen LogP contribution >= 0.6 is 22.9 Å². The van der Waals surface area contributed by atoms with Gasteiger partial charge in [0, 0.05) is 42.2 Å². The Balaban J connectivity index is 1.75. The summed E-state index contributed by atoms with van der Waals surface area (Å²) in [6, 6.07) is 2.63. The number of rotatable bonds is 2. The molecule has 142 valence electrons. The number of aromatic nitrogens is 2. The number of hydrogen-bond acceptors (Lipinski definition) is 6. The Morgan fingerprint density at radius 1 is 1.46 bits per heavy atom. The van der Waals surface area contributed by atoms with Crippen LogP contribution in [0, 0.1) is 0 Å². The fraction of sp³-hybridized carbons (Fsp3) is 0.611. The molecule has 4 heterocycles. The number of ether oxygens (including phenoxy) is 1. The van der Waals surface area contributed by atoms with Gasteiger partial charge in [0.2, 0.25) is 5.88 Å². The van der Waals surface area contributed by atoms with E-state index in [9.17, 15) is 0 Å². The molecule has 2 aromatic rings. The lowest BCUT2D eigenvalue weighted by Crippen LogP contribution is -2.51. The average Bonchev–Trinajstić information content (AvgIpc) is 3.15.